The van der Waals surface area contributed by atoms with Gasteiger partial charge in [-0.1, -0.05) is 43.3 Å². The lowest BCUT2D eigenvalue weighted by Crippen LogP contribution is -2.38. The first-order chi connectivity index (χ1) is 10.2. The molecule has 0 fully saturated rings. The second-order valence-corrected chi connectivity index (χ2v) is 6.90. The second-order valence-electron chi connectivity index (χ2n) is 4.98. The Balaban J connectivity index is 1.92. The maximum absolute atomic E-state index is 5.70. The number of rotatable bonds is 7. The number of nitrogens with two attached hydrogens (primary N) is 1. The van der Waals surface area contributed by atoms with E-state index < -0.39 is 0 Å². The topological polar surface area (TPSA) is 38.0 Å². The van der Waals surface area contributed by atoms with Gasteiger partial charge in [-0.3, -0.25) is 11.3 Å². The molecule has 0 saturated carbocycles. The highest BCUT2D eigenvalue weighted by atomic mass is 79.9. The second kappa shape index (κ2) is 8.59. The Morgan fingerprint density at radius 2 is 1.76 bits per heavy atom. The van der Waals surface area contributed by atoms with Crippen LogP contribution in [0.2, 0.25) is 0 Å². The van der Waals surface area contributed by atoms with Crippen molar-refractivity contribution in [3.63, 3.8) is 0 Å². The minimum absolute atomic E-state index is 0.259. The van der Waals surface area contributed by atoms with E-state index in [-0.39, 0.29) is 6.04 Å². The van der Waals surface area contributed by atoms with Crippen LogP contribution in [0.3, 0.4) is 0 Å². The molecule has 1 atom stereocenters. The van der Waals surface area contributed by atoms with E-state index in [0.717, 1.165) is 23.1 Å². The fourth-order valence-corrected chi connectivity index (χ4v) is 3.72. The van der Waals surface area contributed by atoms with Crippen molar-refractivity contribution in [3.8, 4) is 0 Å². The molecule has 0 aliphatic rings. The van der Waals surface area contributed by atoms with Gasteiger partial charge in [0.2, 0.25) is 0 Å². The van der Waals surface area contributed by atoms with Crippen molar-refractivity contribution in [2.75, 3.05) is 5.75 Å². The van der Waals surface area contributed by atoms with Crippen molar-refractivity contribution in [3.05, 3.63) is 64.1 Å². The molecule has 2 nitrogen and oxygen atoms in total. The molecule has 0 aliphatic heterocycles. The van der Waals surface area contributed by atoms with Gasteiger partial charge in [0.15, 0.2) is 0 Å². The van der Waals surface area contributed by atoms with E-state index in [2.05, 4.69) is 70.7 Å². The van der Waals surface area contributed by atoms with Gasteiger partial charge in [-0.05, 0) is 52.0 Å². The fourth-order valence-electron chi connectivity index (χ4n) is 2.11. The highest BCUT2D eigenvalue weighted by Crippen LogP contribution is 2.27. The van der Waals surface area contributed by atoms with Gasteiger partial charge in [0.25, 0.3) is 0 Å². The quantitative estimate of drug-likeness (QED) is 0.439. The molecule has 1 unspecified atom stereocenters. The van der Waals surface area contributed by atoms with Crippen LogP contribution >= 0.6 is 27.7 Å². The van der Waals surface area contributed by atoms with Crippen LogP contribution in [-0.4, -0.2) is 11.8 Å². The van der Waals surface area contributed by atoms with Gasteiger partial charge in [0, 0.05) is 21.2 Å². The lowest BCUT2D eigenvalue weighted by atomic mass is 10.0. The molecule has 2 aromatic rings. The SMILES string of the molecule is CCc1ccc(CC(CSc2ccccc2Br)NN)cc1. The highest BCUT2D eigenvalue weighted by Gasteiger charge is 2.09. The summed E-state index contributed by atoms with van der Waals surface area (Å²) in [7, 11) is 0. The van der Waals surface area contributed by atoms with Crippen LogP contribution in [0, 0.1) is 0 Å². The van der Waals surface area contributed by atoms with Gasteiger partial charge < -0.3 is 0 Å². The molecule has 2 rings (SSSR count). The molecule has 0 heterocycles. The van der Waals surface area contributed by atoms with E-state index in [1.807, 2.05) is 17.8 Å². The van der Waals surface area contributed by atoms with Gasteiger partial charge in [-0.15, -0.1) is 11.8 Å². The molecule has 4 heteroatoms. The number of hydrogen-bond donors (Lipinski definition) is 2. The Bertz CT molecular complexity index is 557. The Labute approximate surface area is 139 Å². The summed E-state index contributed by atoms with van der Waals surface area (Å²) in [5, 5.41) is 0. The van der Waals surface area contributed by atoms with Crippen LogP contribution in [-0.2, 0) is 12.8 Å². The molecule has 0 aliphatic carbocycles. The van der Waals surface area contributed by atoms with Gasteiger partial charge in [-0.2, -0.15) is 0 Å². The van der Waals surface area contributed by atoms with Gasteiger partial charge in [-0.25, -0.2) is 0 Å². The van der Waals surface area contributed by atoms with E-state index in [0.29, 0.717) is 0 Å². The summed E-state index contributed by atoms with van der Waals surface area (Å²) in [6.45, 7) is 2.17. The van der Waals surface area contributed by atoms with E-state index in [4.69, 9.17) is 5.84 Å². The van der Waals surface area contributed by atoms with Crippen molar-refractivity contribution in [2.45, 2.75) is 30.7 Å². The average Bonchev–Trinajstić information content (AvgIpc) is 2.53. The van der Waals surface area contributed by atoms with E-state index in [1.165, 1.54) is 16.0 Å². The zero-order valence-corrected chi connectivity index (χ0v) is 14.6. The Hall–Kier alpha value is -0.810. The predicted molar refractivity (Wildman–Crippen MR) is 95.5 cm³/mol. The third-order valence-corrected chi connectivity index (χ3v) is 5.62. The van der Waals surface area contributed by atoms with Crippen LogP contribution in [0.25, 0.3) is 0 Å². The monoisotopic (exact) mass is 364 g/mol. The highest BCUT2D eigenvalue weighted by molar-refractivity contribution is 9.10. The number of hydrogen-bond acceptors (Lipinski definition) is 3. The lowest BCUT2D eigenvalue weighted by molar-refractivity contribution is 0.575. The first kappa shape index (κ1) is 16.6. The number of nitrogens with one attached hydrogen (secondary N) is 1. The molecule has 2 aromatic carbocycles. The van der Waals surface area contributed by atoms with Crippen LogP contribution < -0.4 is 11.3 Å². The standard InChI is InChI=1S/C17H21BrN2S/c1-2-13-7-9-14(10-8-13)11-15(20-19)12-21-17-6-4-3-5-16(17)18/h3-10,15,20H,2,11-12,19H2,1H3. The van der Waals surface area contributed by atoms with Gasteiger partial charge in [0.05, 0.1) is 0 Å². The summed E-state index contributed by atoms with van der Waals surface area (Å²) in [6, 6.07) is 17.3. The lowest BCUT2D eigenvalue weighted by Gasteiger charge is -2.16. The molecule has 0 radical (unpaired) electrons. The van der Waals surface area contributed by atoms with Crippen LogP contribution in [0.15, 0.2) is 57.9 Å². The minimum atomic E-state index is 0.259. The summed E-state index contributed by atoms with van der Waals surface area (Å²) in [6.07, 6.45) is 2.02. The summed E-state index contributed by atoms with van der Waals surface area (Å²) < 4.78 is 1.14. The van der Waals surface area contributed by atoms with E-state index >= 15 is 0 Å². The molecule has 0 bridgehead atoms. The molecular formula is C17H21BrN2S. The van der Waals surface area contributed by atoms with Crippen molar-refractivity contribution in [1.29, 1.82) is 0 Å². The van der Waals surface area contributed by atoms with Gasteiger partial charge >= 0.3 is 0 Å². The predicted octanol–water partition coefficient (Wildman–Crippen LogP) is 4.18. The Morgan fingerprint density at radius 1 is 1.10 bits per heavy atom. The molecule has 0 spiro atoms. The zero-order valence-electron chi connectivity index (χ0n) is 12.2. The van der Waals surface area contributed by atoms with Crippen molar-refractivity contribution >= 4 is 27.7 Å². The third kappa shape index (κ3) is 5.15. The third-order valence-electron chi connectivity index (χ3n) is 3.43. The fraction of sp³-hybridized carbons (Fsp3) is 0.294. The van der Waals surface area contributed by atoms with E-state index in [9.17, 15) is 0 Å². The average molecular weight is 365 g/mol. The maximum atomic E-state index is 5.70. The first-order valence-corrected chi connectivity index (χ1v) is 8.92. The number of aryl methyl sites for hydroxylation is 1. The summed E-state index contributed by atoms with van der Waals surface area (Å²) in [4.78, 5) is 1.25. The van der Waals surface area contributed by atoms with Crippen molar-refractivity contribution in [2.24, 2.45) is 5.84 Å². The summed E-state index contributed by atoms with van der Waals surface area (Å²) in [5.74, 6) is 6.64. The number of thioether (sulfide) groups is 1. The Kier molecular flexibility index (Phi) is 6.77. The minimum Gasteiger partial charge on any atom is -0.271 e. The van der Waals surface area contributed by atoms with Crippen molar-refractivity contribution < 1.29 is 0 Å². The molecule has 0 amide bonds. The molecular weight excluding hydrogens is 344 g/mol. The van der Waals surface area contributed by atoms with Gasteiger partial charge in [0.1, 0.15) is 0 Å². The molecule has 3 N–H and O–H groups in total. The van der Waals surface area contributed by atoms with E-state index in [1.54, 1.807) is 0 Å². The first-order valence-electron chi connectivity index (χ1n) is 7.14. The summed E-state index contributed by atoms with van der Waals surface area (Å²) in [5.41, 5.74) is 5.63. The molecule has 0 aromatic heterocycles. The largest absolute Gasteiger partial charge is 0.271 e. The number of hydrazine groups is 1. The van der Waals surface area contributed by atoms with Crippen LogP contribution in [0.4, 0.5) is 0 Å². The Morgan fingerprint density at radius 3 is 2.38 bits per heavy atom. The number of halogens is 1. The van der Waals surface area contributed by atoms with Crippen LogP contribution in [0.5, 0.6) is 0 Å². The zero-order chi connectivity index (χ0) is 15.1. The van der Waals surface area contributed by atoms with Crippen LogP contribution in [0.1, 0.15) is 18.1 Å². The van der Waals surface area contributed by atoms with Crippen molar-refractivity contribution in [1.82, 2.24) is 5.43 Å². The normalized spacial score (nSPS) is 12.3. The molecule has 112 valence electrons. The number of benzene rings is 2. The smallest absolute Gasteiger partial charge is 0.0344 e. The maximum Gasteiger partial charge on any atom is 0.0344 e. The molecule has 0 saturated heterocycles. The molecule has 21 heavy (non-hydrogen) atoms. The summed E-state index contributed by atoms with van der Waals surface area (Å²) >= 11 is 5.40.